The molecule has 1 fully saturated rings. The predicted octanol–water partition coefficient (Wildman–Crippen LogP) is 4.78. The standard InChI is InChI=1S/C12H11Cl2NS/c13-9-1-2-10(14)11(7-9)16-8-12(3-4-12)5-6-15/h1-2,7H,3-5,8H2. The molecule has 1 aliphatic carbocycles. The molecule has 16 heavy (non-hydrogen) atoms. The third-order valence-electron chi connectivity index (χ3n) is 2.84. The number of thioether (sulfide) groups is 1. The molecule has 1 aromatic rings. The second-order valence-electron chi connectivity index (χ2n) is 4.20. The van der Waals surface area contributed by atoms with Crippen molar-refractivity contribution in [1.82, 2.24) is 0 Å². The largest absolute Gasteiger partial charge is 0.198 e. The van der Waals surface area contributed by atoms with E-state index in [0.29, 0.717) is 11.4 Å². The highest BCUT2D eigenvalue weighted by molar-refractivity contribution is 7.99. The van der Waals surface area contributed by atoms with Gasteiger partial charge in [-0.15, -0.1) is 11.8 Å². The van der Waals surface area contributed by atoms with E-state index in [2.05, 4.69) is 6.07 Å². The van der Waals surface area contributed by atoms with E-state index in [1.54, 1.807) is 17.8 Å². The molecule has 2 rings (SSSR count). The summed E-state index contributed by atoms with van der Waals surface area (Å²) in [6, 6.07) is 7.75. The minimum atomic E-state index is 0.241. The zero-order valence-electron chi connectivity index (χ0n) is 8.67. The highest BCUT2D eigenvalue weighted by Crippen LogP contribution is 2.52. The van der Waals surface area contributed by atoms with Crippen LogP contribution >= 0.6 is 35.0 Å². The fourth-order valence-corrected chi connectivity index (χ4v) is 3.32. The summed E-state index contributed by atoms with van der Waals surface area (Å²) in [5.74, 6) is 0.959. The second kappa shape index (κ2) is 4.87. The van der Waals surface area contributed by atoms with Crippen molar-refractivity contribution in [3.63, 3.8) is 0 Å². The molecule has 4 heteroatoms. The lowest BCUT2D eigenvalue weighted by Crippen LogP contribution is -2.02. The molecule has 0 heterocycles. The molecule has 84 valence electrons. The summed E-state index contributed by atoms with van der Waals surface area (Å²) < 4.78 is 0. The first-order valence-electron chi connectivity index (χ1n) is 5.10. The van der Waals surface area contributed by atoms with Crippen LogP contribution < -0.4 is 0 Å². The van der Waals surface area contributed by atoms with Crippen molar-refractivity contribution in [1.29, 1.82) is 5.26 Å². The highest BCUT2D eigenvalue weighted by Gasteiger charge is 2.42. The molecule has 1 aromatic carbocycles. The molecule has 0 radical (unpaired) electrons. The molecule has 0 unspecified atom stereocenters. The summed E-state index contributed by atoms with van der Waals surface area (Å²) in [7, 11) is 0. The van der Waals surface area contributed by atoms with Gasteiger partial charge in [0.1, 0.15) is 0 Å². The van der Waals surface area contributed by atoms with Crippen molar-refractivity contribution in [3.8, 4) is 6.07 Å². The van der Waals surface area contributed by atoms with Crippen molar-refractivity contribution < 1.29 is 0 Å². The molecule has 0 aliphatic heterocycles. The molecule has 0 atom stereocenters. The fourth-order valence-electron chi connectivity index (χ4n) is 1.54. The molecule has 0 aromatic heterocycles. The van der Waals surface area contributed by atoms with Gasteiger partial charge in [0, 0.05) is 22.1 Å². The number of hydrogen-bond acceptors (Lipinski definition) is 2. The minimum Gasteiger partial charge on any atom is -0.198 e. The van der Waals surface area contributed by atoms with Crippen LogP contribution in [-0.2, 0) is 0 Å². The molecular formula is C12H11Cl2NS. The lowest BCUT2D eigenvalue weighted by Gasteiger charge is -2.11. The maximum absolute atomic E-state index is 8.73. The van der Waals surface area contributed by atoms with Crippen LogP contribution in [0.3, 0.4) is 0 Å². The number of rotatable bonds is 4. The van der Waals surface area contributed by atoms with Crippen LogP contribution in [-0.4, -0.2) is 5.75 Å². The van der Waals surface area contributed by atoms with Crippen LogP contribution in [0.2, 0.25) is 10.0 Å². The van der Waals surface area contributed by atoms with Gasteiger partial charge >= 0.3 is 0 Å². The Hall–Kier alpha value is -0.360. The first kappa shape index (κ1) is 12.1. The van der Waals surface area contributed by atoms with Crippen LogP contribution in [0.5, 0.6) is 0 Å². The molecule has 0 saturated heterocycles. The minimum absolute atomic E-state index is 0.241. The Labute approximate surface area is 110 Å². The fraction of sp³-hybridized carbons (Fsp3) is 0.417. The van der Waals surface area contributed by atoms with Gasteiger partial charge in [-0.1, -0.05) is 23.2 Å². The third-order valence-corrected chi connectivity index (χ3v) is 4.92. The van der Waals surface area contributed by atoms with E-state index in [9.17, 15) is 0 Å². The number of halogens is 2. The lowest BCUT2D eigenvalue weighted by atomic mass is 10.1. The summed E-state index contributed by atoms with van der Waals surface area (Å²) in [5.41, 5.74) is 0.241. The van der Waals surface area contributed by atoms with Crippen LogP contribution in [0, 0.1) is 16.7 Å². The summed E-state index contributed by atoms with van der Waals surface area (Å²) in [6.45, 7) is 0. The van der Waals surface area contributed by atoms with Gasteiger partial charge in [0.05, 0.1) is 11.1 Å². The summed E-state index contributed by atoms with van der Waals surface area (Å²) in [6.07, 6.45) is 2.97. The Morgan fingerprint density at radius 3 is 2.75 bits per heavy atom. The van der Waals surface area contributed by atoms with Gasteiger partial charge in [-0.2, -0.15) is 5.26 Å². The average molecular weight is 272 g/mol. The second-order valence-corrected chi connectivity index (χ2v) is 6.06. The summed E-state index contributed by atoms with van der Waals surface area (Å²) in [4.78, 5) is 1.01. The van der Waals surface area contributed by atoms with Gasteiger partial charge in [0.2, 0.25) is 0 Å². The van der Waals surface area contributed by atoms with Crippen LogP contribution in [0.4, 0.5) is 0 Å². The Bertz CT molecular complexity index is 435. The van der Waals surface area contributed by atoms with E-state index in [0.717, 1.165) is 28.5 Å². The normalized spacial score (nSPS) is 16.8. The zero-order chi connectivity index (χ0) is 11.6. The highest BCUT2D eigenvalue weighted by atomic mass is 35.5. The van der Waals surface area contributed by atoms with Crippen LogP contribution in [0.25, 0.3) is 0 Å². The van der Waals surface area contributed by atoms with E-state index in [4.69, 9.17) is 28.5 Å². The quantitative estimate of drug-likeness (QED) is 0.736. The van der Waals surface area contributed by atoms with Gasteiger partial charge in [-0.25, -0.2) is 0 Å². The Morgan fingerprint density at radius 1 is 1.38 bits per heavy atom. The molecule has 0 spiro atoms. The number of hydrogen-bond donors (Lipinski definition) is 0. The van der Waals surface area contributed by atoms with Gasteiger partial charge in [0.15, 0.2) is 0 Å². The molecule has 0 N–H and O–H groups in total. The number of benzene rings is 1. The maximum atomic E-state index is 8.73. The van der Waals surface area contributed by atoms with E-state index in [1.807, 2.05) is 12.1 Å². The molecule has 1 saturated carbocycles. The van der Waals surface area contributed by atoms with E-state index in [1.165, 1.54) is 0 Å². The molecular weight excluding hydrogens is 261 g/mol. The SMILES string of the molecule is N#CCC1(CSc2cc(Cl)ccc2Cl)CC1. The van der Waals surface area contributed by atoms with Gasteiger partial charge in [-0.05, 0) is 36.5 Å². The van der Waals surface area contributed by atoms with Crippen molar-refractivity contribution >= 4 is 35.0 Å². The first-order chi connectivity index (χ1) is 7.65. The van der Waals surface area contributed by atoms with Crippen molar-refractivity contribution in [3.05, 3.63) is 28.2 Å². The molecule has 1 nitrogen and oxygen atoms in total. The Balaban J connectivity index is 2.00. The summed E-state index contributed by atoms with van der Waals surface area (Å²) in [5, 5.41) is 10.2. The molecule has 0 amide bonds. The smallest absolute Gasteiger partial charge is 0.0627 e. The van der Waals surface area contributed by atoms with E-state index < -0.39 is 0 Å². The zero-order valence-corrected chi connectivity index (χ0v) is 11.0. The van der Waals surface area contributed by atoms with E-state index >= 15 is 0 Å². The van der Waals surface area contributed by atoms with Crippen molar-refractivity contribution in [2.75, 3.05) is 5.75 Å². The average Bonchev–Trinajstić information content (AvgIpc) is 3.01. The van der Waals surface area contributed by atoms with Crippen molar-refractivity contribution in [2.45, 2.75) is 24.2 Å². The summed E-state index contributed by atoms with van der Waals surface area (Å²) >= 11 is 13.7. The molecule has 1 aliphatic rings. The number of nitriles is 1. The third kappa shape index (κ3) is 2.85. The van der Waals surface area contributed by atoms with Crippen LogP contribution in [0.1, 0.15) is 19.3 Å². The maximum Gasteiger partial charge on any atom is 0.0627 e. The van der Waals surface area contributed by atoms with E-state index in [-0.39, 0.29) is 5.41 Å². The van der Waals surface area contributed by atoms with Gasteiger partial charge in [-0.3, -0.25) is 0 Å². The number of nitrogens with zero attached hydrogens (tertiary/aromatic N) is 1. The van der Waals surface area contributed by atoms with Crippen LogP contribution in [0.15, 0.2) is 23.1 Å². The first-order valence-corrected chi connectivity index (χ1v) is 6.84. The lowest BCUT2D eigenvalue weighted by molar-refractivity contribution is 0.604. The van der Waals surface area contributed by atoms with Gasteiger partial charge in [0.25, 0.3) is 0 Å². The Kier molecular flexibility index (Phi) is 3.69. The monoisotopic (exact) mass is 271 g/mol. The molecule has 0 bridgehead atoms. The van der Waals surface area contributed by atoms with Gasteiger partial charge < -0.3 is 0 Å². The predicted molar refractivity (Wildman–Crippen MR) is 69.1 cm³/mol. The Morgan fingerprint density at radius 2 is 2.12 bits per heavy atom. The topological polar surface area (TPSA) is 23.8 Å². The van der Waals surface area contributed by atoms with Crippen molar-refractivity contribution in [2.24, 2.45) is 5.41 Å².